The van der Waals surface area contributed by atoms with Crippen molar-refractivity contribution in [1.82, 2.24) is 5.43 Å². The van der Waals surface area contributed by atoms with Gasteiger partial charge in [0.05, 0.1) is 0 Å². The molecule has 2 rings (SSSR count). The van der Waals surface area contributed by atoms with Gasteiger partial charge in [0.15, 0.2) is 0 Å². The van der Waals surface area contributed by atoms with Crippen LogP contribution in [0.2, 0.25) is 0 Å². The maximum atomic E-state index is 11.7. The van der Waals surface area contributed by atoms with Crippen LogP contribution in [0.1, 0.15) is 12.8 Å². The fourth-order valence-corrected chi connectivity index (χ4v) is 1.39. The second-order valence-corrected chi connectivity index (χ2v) is 3.59. The van der Waals surface area contributed by atoms with Crippen LogP contribution < -0.4 is 10.7 Å². The van der Waals surface area contributed by atoms with Gasteiger partial charge in [0.2, 0.25) is 5.91 Å². The molecule has 3 N–H and O–H groups in total. The second kappa shape index (κ2) is 4.65. The summed E-state index contributed by atoms with van der Waals surface area (Å²) in [4.78, 5) is 22.6. The number of carbonyl (C=O) groups excluding carboxylic acids is 2. The summed E-state index contributed by atoms with van der Waals surface area (Å²) in [7, 11) is 0. The lowest BCUT2D eigenvalue weighted by atomic mass is 10.1. The number of hydrogen-bond acceptors (Lipinski definition) is 4. The highest BCUT2D eigenvalue weighted by Crippen LogP contribution is 2.14. The van der Waals surface area contributed by atoms with Crippen molar-refractivity contribution in [2.75, 3.05) is 5.32 Å². The Morgan fingerprint density at radius 3 is 2.59 bits per heavy atom. The van der Waals surface area contributed by atoms with Gasteiger partial charge in [-0.15, -0.1) is 0 Å². The number of anilines is 1. The van der Waals surface area contributed by atoms with Gasteiger partial charge >= 0.3 is 0 Å². The summed E-state index contributed by atoms with van der Waals surface area (Å²) >= 11 is 0. The lowest BCUT2D eigenvalue weighted by molar-refractivity contribution is -0.121. The molecule has 0 fully saturated rings. The Balaban J connectivity index is 2.02. The number of phenols is 1. The number of amides is 2. The molecule has 0 aromatic heterocycles. The van der Waals surface area contributed by atoms with Crippen LogP contribution in [0.5, 0.6) is 5.75 Å². The normalized spacial score (nSPS) is 14.8. The maximum absolute atomic E-state index is 11.7. The van der Waals surface area contributed by atoms with Crippen molar-refractivity contribution >= 4 is 23.2 Å². The first kappa shape index (κ1) is 11.1. The molecule has 6 heteroatoms. The molecule has 2 amide bonds. The van der Waals surface area contributed by atoms with E-state index < -0.39 is 0 Å². The predicted molar refractivity (Wildman–Crippen MR) is 61.5 cm³/mol. The van der Waals surface area contributed by atoms with E-state index in [4.69, 9.17) is 5.11 Å². The first-order chi connectivity index (χ1) is 8.15. The van der Waals surface area contributed by atoms with E-state index in [9.17, 15) is 9.59 Å². The molecule has 0 spiro atoms. The summed E-state index contributed by atoms with van der Waals surface area (Å²) in [6, 6.07) is 6.10. The van der Waals surface area contributed by atoms with E-state index in [0.29, 0.717) is 12.1 Å². The molecule has 1 aromatic carbocycles. The zero-order valence-corrected chi connectivity index (χ0v) is 8.93. The summed E-state index contributed by atoms with van der Waals surface area (Å²) in [5.41, 5.74) is 3.11. The summed E-state index contributed by atoms with van der Waals surface area (Å²) < 4.78 is 0. The summed E-state index contributed by atoms with van der Waals surface area (Å²) in [5.74, 6) is -0.410. The molecule has 0 aliphatic carbocycles. The zero-order valence-electron chi connectivity index (χ0n) is 8.93. The molecule has 1 heterocycles. The molecule has 1 aliphatic rings. The molecule has 0 saturated carbocycles. The van der Waals surface area contributed by atoms with Gasteiger partial charge in [-0.3, -0.25) is 9.59 Å². The molecule has 0 unspecified atom stereocenters. The first-order valence-electron chi connectivity index (χ1n) is 5.11. The van der Waals surface area contributed by atoms with Gasteiger partial charge in [-0.05, 0) is 24.3 Å². The number of hydrogen-bond donors (Lipinski definition) is 3. The zero-order chi connectivity index (χ0) is 12.3. The van der Waals surface area contributed by atoms with Crippen LogP contribution in [0.25, 0.3) is 0 Å². The van der Waals surface area contributed by atoms with Crippen LogP contribution in [0.15, 0.2) is 29.4 Å². The highest BCUT2D eigenvalue weighted by Gasteiger charge is 2.18. The van der Waals surface area contributed by atoms with Gasteiger partial charge in [-0.2, -0.15) is 5.10 Å². The largest absolute Gasteiger partial charge is 0.508 e. The third-order valence-electron chi connectivity index (χ3n) is 2.29. The van der Waals surface area contributed by atoms with Crippen LogP contribution >= 0.6 is 0 Å². The third-order valence-corrected chi connectivity index (χ3v) is 2.29. The number of rotatable bonds is 2. The minimum atomic E-state index is -0.351. The van der Waals surface area contributed by atoms with Gasteiger partial charge in [0.1, 0.15) is 11.5 Å². The second-order valence-electron chi connectivity index (χ2n) is 3.59. The number of hydrazone groups is 1. The number of nitrogens with zero attached hydrogens (tertiary/aromatic N) is 1. The van der Waals surface area contributed by atoms with Crippen molar-refractivity contribution in [2.24, 2.45) is 5.10 Å². The Morgan fingerprint density at radius 2 is 2.00 bits per heavy atom. The van der Waals surface area contributed by atoms with Crippen LogP contribution in [-0.4, -0.2) is 22.6 Å². The fourth-order valence-electron chi connectivity index (χ4n) is 1.39. The molecule has 6 nitrogen and oxygen atoms in total. The highest BCUT2D eigenvalue weighted by atomic mass is 16.3. The summed E-state index contributed by atoms with van der Waals surface area (Å²) in [6.07, 6.45) is 0.595. The van der Waals surface area contributed by atoms with E-state index in [1.165, 1.54) is 12.1 Å². The SMILES string of the molecule is O=C1CCC(C(=O)Nc2ccc(O)cc2)=NN1. The van der Waals surface area contributed by atoms with Gasteiger partial charge in [0, 0.05) is 18.5 Å². The lowest BCUT2D eigenvalue weighted by Crippen LogP contribution is -2.32. The molecule has 0 radical (unpaired) electrons. The van der Waals surface area contributed by atoms with Crippen LogP contribution in [0.4, 0.5) is 5.69 Å². The van der Waals surface area contributed by atoms with E-state index in [0.717, 1.165) is 0 Å². The van der Waals surface area contributed by atoms with Crippen LogP contribution in [-0.2, 0) is 9.59 Å². The first-order valence-corrected chi connectivity index (χ1v) is 5.11. The molecule has 88 valence electrons. The average molecular weight is 233 g/mol. The molecule has 0 saturated heterocycles. The Labute approximate surface area is 97.3 Å². The molecular formula is C11H11N3O3. The quantitative estimate of drug-likeness (QED) is 0.653. The predicted octanol–water partition coefficient (Wildman–Crippen LogP) is 0.597. The van der Waals surface area contributed by atoms with Gasteiger partial charge < -0.3 is 10.4 Å². The van der Waals surface area contributed by atoms with Crippen LogP contribution in [0.3, 0.4) is 0 Å². The van der Waals surface area contributed by atoms with Crippen molar-refractivity contribution in [1.29, 1.82) is 0 Å². The number of benzene rings is 1. The Kier molecular flexibility index (Phi) is 3.04. The number of nitrogens with one attached hydrogen (secondary N) is 2. The van der Waals surface area contributed by atoms with Gasteiger partial charge in [-0.25, -0.2) is 5.43 Å². The number of aromatic hydroxyl groups is 1. The van der Waals surface area contributed by atoms with Gasteiger partial charge in [-0.1, -0.05) is 0 Å². The fraction of sp³-hybridized carbons (Fsp3) is 0.182. The van der Waals surface area contributed by atoms with E-state index in [2.05, 4.69) is 15.8 Å². The standard InChI is InChI=1S/C11H11N3O3/c15-8-3-1-7(2-4-8)12-11(17)9-5-6-10(16)14-13-9/h1-4,15H,5-6H2,(H,12,17)(H,14,16). The van der Waals surface area contributed by atoms with Crippen molar-refractivity contribution < 1.29 is 14.7 Å². The number of carbonyl (C=O) groups is 2. The Bertz CT molecular complexity index is 479. The van der Waals surface area contributed by atoms with Crippen LogP contribution in [0, 0.1) is 0 Å². The third kappa shape index (κ3) is 2.81. The van der Waals surface area contributed by atoms with E-state index in [-0.39, 0.29) is 29.7 Å². The molecule has 1 aromatic rings. The molecule has 0 atom stereocenters. The summed E-state index contributed by atoms with van der Waals surface area (Å²) in [5, 5.41) is 15.4. The van der Waals surface area contributed by atoms with E-state index in [1.807, 2.05) is 0 Å². The highest BCUT2D eigenvalue weighted by molar-refractivity contribution is 6.43. The van der Waals surface area contributed by atoms with Crippen molar-refractivity contribution in [3.63, 3.8) is 0 Å². The minimum absolute atomic E-state index is 0.130. The Morgan fingerprint density at radius 1 is 1.29 bits per heavy atom. The van der Waals surface area contributed by atoms with Crippen molar-refractivity contribution in [3.05, 3.63) is 24.3 Å². The van der Waals surface area contributed by atoms with Crippen molar-refractivity contribution in [2.45, 2.75) is 12.8 Å². The molecule has 17 heavy (non-hydrogen) atoms. The number of phenolic OH excluding ortho intramolecular Hbond substituents is 1. The topological polar surface area (TPSA) is 90.8 Å². The smallest absolute Gasteiger partial charge is 0.271 e. The van der Waals surface area contributed by atoms with Crippen molar-refractivity contribution in [3.8, 4) is 5.75 Å². The van der Waals surface area contributed by atoms with E-state index >= 15 is 0 Å². The molecule has 0 bridgehead atoms. The van der Waals surface area contributed by atoms with E-state index in [1.54, 1.807) is 12.1 Å². The summed E-state index contributed by atoms with van der Waals surface area (Å²) in [6.45, 7) is 0. The molecule has 1 aliphatic heterocycles. The minimum Gasteiger partial charge on any atom is -0.508 e. The monoisotopic (exact) mass is 233 g/mol. The molecular weight excluding hydrogens is 222 g/mol. The van der Waals surface area contributed by atoms with Gasteiger partial charge in [0.25, 0.3) is 5.91 Å². The lowest BCUT2D eigenvalue weighted by Gasteiger charge is -2.11. The maximum Gasteiger partial charge on any atom is 0.271 e. The average Bonchev–Trinajstić information content (AvgIpc) is 2.33. The Hall–Kier alpha value is -2.37.